The second kappa shape index (κ2) is 5.47. The fourth-order valence-electron chi connectivity index (χ4n) is 3.12. The molecule has 0 spiro atoms. The van der Waals surface area contributed by atoms with Crippen molar-refractivity contribution in [2.75, 3.05) is 5.73 Å². The van der Waals surface area contributed by atoms with Gasteiger partial charge in [0.15, 0.2) is 0 Å². The number of hydrogen-bond acceptors (Lipinski definition) is 3. The van der Waals surface area contributed by atoms with Gasteiger partial charge in [-0.05, 0) is 36.5 Å². The van der Waals surface area contributed by atoms with Crippen LogP contribution in [0.2, 0.25) is 0 Å². The lowest BCUT2D eigenvalue weighted by molar-refractivity contribution is 0.331. The summed E-state index contributed by atoms with van der Waals surface area (Å²) in [6.07, 6.45) is 4.23. The number of nitrogens with two attached hydrogens (primary N) is 1. The smallest absolute Gasteiger partial charge is 0.230 e. The van der Waals surface area contributed by atoms with Gasteiger partial charge in [0.1, 0.15) is 11.6 Å². The van der Waals surface area contributed by atoms with Crippen LogP contribution in [0.25, 0.3) is 11.1 Å². The molecule has 0 aliphatic heterocycles. The van der Waals surface area contributed by atoms with E-state index in [1.54, 1.807) is 0 Å². The summed E-state index contributed by atoms with van der Waals surface area (Å²) in [5.41, 5.74) is 7.48. The Morgan fingerprint density at radius 2 is 1.71 bits per heavy atom. The van der Waals surface area contributed by atoms with Crippen molar-refractivity contribution >= 4 is 5.88 Å². The summed E-state index contributed by atoms with van der Waals surface area (Å²) in [5, 5.41) is 4.06. The lowest BCUT2D eigenvalue weighted by Crippen LogP contribution is -2.12. The average molecular weight is 292 g/mol. The molecule has 0 bridgehead atoms. The van der Waals surface area contributed by atoms with Gasteiger partial charge in [-0.1, -0.05) is 24.9 Å². The molecule has 3 nitrogen and oxygen atoms in total. The summed E-state index contributed by atoms with van der Waals surface area (Å²) in [6, 6.07) is 3.37. The van der Waals surface area contributed by atoms with Crippen molar-refractivity contribution in [3.05, 3.63) is 35.5 Å². The third-order valence-corrected chi connectivity index (χ3v) is 4.30. The monoisotopic (exact) mass is 292 g/mol. The summed E-state index contributed by atoms with van der Waals surface area (Å²) < 4.78 is 32.0. The van der Waals surface area contributed by atoms with Crippen LogP contribution in [0.5, 0.6) is 0 Å². The lowest BCUT2D eigenvalue weighted by atomic mass is 9.80. The Balaban J connectivity index is 2.00. The normalized spacial score (nSPS) is 22.4. The van der Waals surface area contributed by atoms with E-state index in [2.05, 4.69) is 12.1 Å². The van der Waals surface area contributed by atoms with Crippen molar-refractivity contribution in [3.63, 3.8) is 0 Å². The number of anilines is 1. The molecule has 0 unspecified atom stereocenters. The van der Waals surface area contributed by atoms with Crippen LogP contribution in [0.15, 0.2) is 22.7 Å². The Morgan fingerprint density at radius 1 is 1.10 bits per heavy atom. The highest BCUT2D eigenvalue weighted by Crippen LogP contribution is 2.41. The fourth-order valence-corrected chi connectivity index (χ4v) is 3.12. The van der Waals surface area contributed by atoms with Crippen LogP contribution in [0.1, 0.15) is 44.2 Å². The van der Waals surface area contributed by atoms with Crippen LogP contribution in [-0.2, 0) is 0 Å². The number of nitrogens with zero attached hydrogens (tertiary/aromatic N) is 1. The van der Waals surface area contributed by atoms with Crippen molar-refractivity contribution in [1.82, 2.24) is 5.16 Å². The zero-order valence-corrected chi connectivity index (χ0v) is 11.9. The average Bonchev–Trinajstić information content (AvgIpc) is 2.80. The fraction of sp³-hybridized carbons (Fsp3) is 0.438. The van der Waals surface area contributed by atoms with E-state index < -0.39 is 11.6 Å². The maximum atomic E-state index is 13.4. The zero-order valence-electron chi connectivity index (χ0n) is 11.9. The van der Waals surface area contributed by atoms with Gasteiger partial charge in [-0.25, -0.2) is 8.78 Å². The Bertz CT molecular complexity index is 625. The van der Waals surface area contributed by atoms with Crippen LogP contribution in [0.3, 0.4) is 0 Å². The quantitative estimate of drug-likeness (QED) is 0.887. The molecular formula is C16H18F2N2O. The molecule has 0 saturated heterocycles. The van der Waals surface area contributed by atoms with E-state index in [1.807, 2.05) is 0 Å². The summed E-state index contributed by atoms with van der Waals surface area (Å²) in [4.78, 5) is 0. The maximum Gasteiger partial charge on any atom is 0.230 e. The van der Waals surface area contributed by atoms with Gasteiger partial charge >= 0.3 is 0 Å². The van der Waals surface area contributed by atoms with Gasteiger partial charge in [-0.3, -0.25) is 0 Å². The molecule has 3 rings (SSSR count). The van der Waals surface area contributed by atoms with Gasteiger partial charge < -0.3 is 10.3 Å². The second-order valence-corrected chi connectivity index (χ2v) is 5.92. The summed E-state index contributed by atoms with van der Waals surface area (Å²) >= 11 is 0. The minimum atomic E-state index is -0.631. The number of benzene rings is 1. The molecule has 1 fully saturated rings. The molecule has 1 aromatic carbocycles. The standard InChI is InChI=1S/C16H18F2N2O/c1-9-2-4-10(5-3-9)15-14(16(19)21-20-15)11-6-12(17)8-13(18)7-11/h6-10H,2-5,19H2,1H3. The van der Waals surface area contributed by atoms with E-state index in [1.165, 1.54) is 12.1 Å². The molecule has 21 heavy (non-hydrogen) atoms. The first kappa shape index (κ1) is 14.0. The highest BCUT2D eigenvalue weighted by molar-refractivity contribution is 5.75. The molecule has 1 aliphatic rings. The van der Waals surface area contributed by atoms with Gasteiger partial charge in [0.05, 0.1) is 11.3 Å². The predicted octanol–water partition coefficient (Wildman–Crippen LogP) is 4.50. The van der Waals surface area contributed by atoms with Crippen LogP contribution in [0, 0.1) is 17.6 Å². The van der Waals surface area contributed by atoms with Crippen molar-refractivity contribution < 1.29 is 13.3 Å². The van der Waals surface area contributed by atoms with E-state index in [0.29, 0.717) is 17.0 Å². The summed E-state index contributed by atoms with van der Waals surface area (Å²) in [7, 11) is 0. The largest absolute Gasteiger partial charge is 0.367 e. The Hall–Kier alpha value is -1.91. The molecule has 0 radical (unpaired) electrons. The molecule has 1 saturated carbocycles. The Kier molecular flexibility index (Phi) is 3.66. The first-order valence-electron chi connectivity index (χ1n) is 7.26. The van der Waals surface area contributed by atoms with Gasteiger partial charge in [0.2, 0.25) is 5.88 Å². The minimum Gasteiger partial charge on any atom is -0.367 e. The summed E-state index contributed by atoms with van der Waals surface area (Å²) in [5.74, 6) is -0.194. The first-order chi connectivity index (χ1) is 10.0. The molecule has 0 amide bonds. The van der Waals surface area contributed by atoms with Gasteiger partial charge in [-0.2, -0.15) is 0 Å². The highest BCUT2D eigenvalue weighted by Gasteiger charge is 2.27. The van der Waals surface area contributed by atoms with E-state index >= 15 is 0 Å². The molecule has 1 aliphatic carbocycles. The van der Waals surface area contributed by atoms with Gasteiger partial charge in [0.25, 0.3) is 0 Å². The minimum absolute atomic E-state index is 0.119. The molecule has 0 atom stereocenters. The van der Waals surface area contributed by atoms with E-state index in [9.17, 15) is 8.78 Å². The van der Waals surface area contributed by atoms with Crippen LogP contribution in [0.4, 0.5) is 14.7 Å². The number of halogens is 2. The molecule has 2 aromatic rings. The molecule has 1 heterocycles. The van der Waals surface area contributed by atoms with Crippen molar-refractivity contribution in [2.24, 2.45) is 5.92 Å². The third-order valence-electron chi connectivity index (χ3n) is 4.30. The Morgan fingerprint density at radius 3 is 2.33 bits per heavy atom. The topological polar surface area (TPSA) is 52.0 Å². The van der Waals surface area contributed by atoms with Gasteiger partial charge in [-0.15, -0.1) is 0 Å². The first-order valence-corrected chi connectivity index (χ1v) is 7.26. The van der Waals surface area contributed by atoms with Gasteiger partial charge in [0, 0.05) is 12.0 Å². The van der Waals surface area contributed by atoms with Crippen molar-refractivity contribution in [3.8, 4) is 11.1 Å². The predicted molar refractivity (Wildman–Crippen MR) is 76.6 cm³/mol. The van der Waals surface area contributed by atoms with Crippen molar-refractivity contribution in [1.29, 1.82) is 0 Å². The highest BCUT2D eigenvalue weighted by atomic mass is 19.1. The number of nitrogen functional groups attached to an aromatic ring is 1. The summed E-state index contributed by atoms with van der Waals surface area (Å²) in [6.45, 7) is 2.23. The molecular weight excluding hydrogens is 274 g/mol. The molecule has 1 aromatic heterocycles. The third kappa shape index (κ3) is 2.77. The van der Waals surface area contributed by atoms with E-state index in [4.69, 9.17) is 10.3 Å². The molecule has 2 N–H and O–H groups in total. The molecule has 5 heteroatoms. The second-order valence-electron chi connectivity index (χ2n) is 5.92. The van der Waals surface area contributed by atoms with Crippen LogP contribution >= 0.6 is 0 Å². The molecule has 112 valence electrons. The van der Waals surface area contributed by atoms with E-state index in [-0.39, 0.29) is 11.8 Å². The maximum absolute atomic E-state index is 13.4. The van der Waals surface area contributed by atoms with Crippen LogP contribution in [-0.4, -0.2) is 5.16 Å². The number of rotatable bonds is 2. The lowest BCUT2D eigenvalue weighted by Gasteiger charge is -2.25. The zero-order chi connectivity index (χ0) is 15.0. The number of hydrogen-bond donors (Lipinski definition) is 1. The van der Waals surface area contributed by atoms with Crippen molar-refractivity contribution in [2.45, 2.75) is 38.5 Å². The SMILES string of the molecule is CC1CCC(c2noc(N)c2-c2cc(F)cc(F)c2)CC1. The Labute approximate surface area is 122 Å². The van der Waals surface area contributed by atoms with Crippen LogP contribution < -0.4 is 5.73 Å². The van der Waals surface area contributed by atoms with E-state index in [0.717, 1.165) is 37.4 Å². The number of aromatic nitrogens is 1.